The van der Waals surface area contributed by atoms with Crippen LogP contribution >= 0.6 is 0 Å². The van der Waals surface area contributed by atoms with Crippen molar-refractivity contribution in [3.05, 3.63) is 42.0 Å². The van der Waals surface area contributed by atoms with E-state index in [1.165, 1.54) is 0 Å². The number of allylic oxidation sites excluding steroid dienone is 1. The molecule has 1 atom stereocenters. The van der Waals surface area contributed by atoms with Crippen molar-refractivity contribution in [1.29, 1.82) is 0 Å². The van der Waals surface area contributed by atoms with Gasteiger partial charge in [-0.1, -0.05) is 37.3 Å². The average Bonchev–Trinajstić information content (AvgIpc) is 2.29. The van der Waals surface area contributed by atoms with Gasteiger partial charge in [-0.2, -0.15) is 0 Å². The molecule has 1 unspecified atom stereocenters. The standard InChI is InChI=1S/C14H19NO/c1-4-12(3)15-14(16)10-11(2)13-8-6-5-7-9-13/h5-10,12H,4H2,1-3H3,(H,15,16)/b11-10-. The Morgan fingerprint density at radius 3 is 2.56 bits per heavy atom. The fourth-order valence-electron chi connectivity index (χ4n) is 1.37. The van der Waals surface area contributed by atoms with Crippen LogP contribution in [0.3, 0.4) is 0 Å². The van der Waals surface area contributed by atoms with E-state index in [0.717, 1.165) is 17.6 Å². The number of carbonyl (C=O) groups is 1. The highest BCUT2D eigenvalue weighted by Gasteiger charge is 2.03. The molecule has 1 N–H and O–H groups in total. The lowest BCUT2D eigenvalue weighted by Gasteiger charge is -2.09. The van der Waals surface area contributed by atoms with Crippen LogP contribution in [-0.4, -0.2) is 11.9 Å². The van der Waals surface area contributed by atoms with Crippen molar-refractivity contribution in [1.82, 2.24) is 5.32 Å². The van der Waals surface area contributed by atoms with Crippen LogP contribution in [0.15, 0.2) is 36.4 Å². The number of amides is 1. The van der Waals surface area contributed by atoms with Crippen LogP contribution < -0.4 is 5.32 Å². The zero-order valence-electron chi connectivity index (χ0n) is 10.2. The lowest BCUT2D eigenvalue weighted by atomic mass is 10.1. The Morgan fingerprint density at radius 1 is 1.38 bits per heavy atom. The van der Waals surface area contributed by atoms with E-state index in [1.54, 1.807) is 6.08 Å². The van der Waals surface area contributed by atoms with Crippen molar-refractivity contribution >= 4 is 11.5 Å². The highest BCUT2D eigenvalue weighted by Crippen LogP contribution is 2.12. The first-order valence-corrected chi connectivity index (χ1v) is 5.67. The minimum atomic E-state index is -0.0179. The largest absolute Gasteiger partial charge is 0.350 e. The van der Waals surface area contributed by atoms with Crippen LogP contribution in [0.2, 0.25) is 0 Å². The molecule has 1 aromatic rings. The van der Waals surface area contributed by atoms with E-state index < -0.39 is 0 Å². The van der Waals surface area contributed by atoms with Crippen LogP contribution in [0.4, 0.5) is 0 Å². The number of nitrogens with one attached hydrogen (secondary N) is 1. The number of hydrogen-bond acceptors (Lipinski definition) is 1. The van der Waals surface area contributed by atoms with Gasteiger partial charge in [0.25, 0.3) is 0 Å². The molecule has 0 aliphatic heterocycles. The molecule has 0 spiro atoms. The molecule has 1 amide bonds. The van der Waals surface area contributed by atoms with E-state index >= 15 is 0 Å². The summed E-state index contributed by atoms with van der Waals surface area (Å²) in [6, 6.07) is 10.1. The summed E-state index contributed by atoms with van der Waals surface area (Å²) in [4.78, 5) is 11.6. The van der Waals surface area contributed by atoms with Crippen molar-refractivity contribution in [3.63, 3.8) is 0 Å². The van der Waals surface area contributed by atoms with Gasteiger partial charge in [0.2, 0.25) is 5.91 Å². The first kappa shape index (κ1) is 12.5. The van der Waals surface area contributed by atoms with Crippen molar-refractivity contribution in [2.75, 3.05) is 0 Å². The zero-order valence-corrected chi connectivity index (χ0v) is 10.2. The summed E-state index contributed by atoms with van der Waals surface area (Å²) in [6.45, 7) is 6.01. The second kappa shape index (κ2) is 6.11. The van der Waals surface area contributed by atoms with Crippen molar-refractivity contribution < 1.29 is 4.79 Å². The molecule has 0 saturated heterocycles. The van der Waals surface area contributed by atoms with E-state index in [-0.39, 0.29) is 11.9 Å². The van der Waals surface area contributed by atoms with Crippen molar-refractivity contribution in [3.8, 4) is 0 Å². The number of hydrogen-bond donors (Lipinski definition) is 1. The SMILES string of the molecule is CCC(C)NC(=O)/C=C(/C)c1ccccc1. The smallest absolute Gasteiger partial charge is 0.244 e. The summed E-state index contributed by atoms with van der Waals surface area (Å²) < 4.78 is 0. The maximum absolute atomic E-state index is 11.6. The van der Waals surface area contributed by atoms with E-state index in [9.17, 15) is 4.79 Å². The molecule has 16 heavy (non-hydrogen) atoms. The summed E-state index contributed by atoms with van der Waals surface area (Å²) in [5.74, 6) is -0.0179. The Morgan fingerprint density at radius 2 is 2.00 bits per heavy atom. The molecule has 0 bridgehead atoms. The van der Waals surface area contributed by atoms with Gasteiger partial charge < -0.3 is 5.32 Å². The Kier molecular flexibility index (Phi) is 4.77. The lowest BCUT2D eigenvalue weighted by Crippen LogP contribution is -2.30. The maximum atomic E-state index is 11.6. The van der Waals surface area contributed by atoms with Gasteiger partial charge in [0, 0.05) is 12.1 Å². The third kappa shape index (κ3) is 3.89. The highest BCUT2D eigenvalue weighted by molar-refractivity contribution is 5.94. The molecule has 2 nitrogen and oxygen atoms in total. The predicted octanol–water partition coefficient (Wildman–Crippen LogP) is 3.00. The van der Waals surface area contributed by atoms with E-state index in [4.69, 9.17) is 0 Å². The number of carbonyl (C=O) groups excluding carboxylic acids is 1. The van der Waals surface area contributed by atoms with Crippen molar-refractivity contribution in [2.45, 2.75) is 33.2 Å². The summed E-state index contributed by atoms with van der Waals surface area (Å²) >= 11 is 0. The third-order valence-electron chi connectivity index (χ3n) is 2.58. The Balaban J connectivity index is 2.67. The molecular weight excluding hydrogens is 198 g/mol. The second-order valence-electron chi connectivity index (χ2n) is 4.01. The van der Waals surface area contributed by atoms with Crippen LogP contribution in [0.1, 0.15) is 32.8 Å². The van der Waals surface area contributed by atoms with Crippen LogP contribution in [-0.2, 0) is 4.79 Å². The minimum Gasteiger partial charge on any atom is -0.350 e. The topological polar surface area (TPSA) is 29.1 Å². The molecule has 0 saturated carbocycles. The molecule has 0 aliphatic rings. The first-order chi connectivity index (χ1) is 7.63. The second-order valence-corrected chi connectivity index (χ2v) is 4.01. The van der Waals surface area contributed by atoms with Gasteiger partial charge in [0.1, 0.15) is 0 Å². The summed E-state index contributed by atoms with van der Waals surface area (Å²) in [7, 11) is 0. The molecule has 0 aromatic heterocycles. The Labute approximate surface area is 97.4 Å². The maximum Gasteiger partial charge on any atom is 0.244 e. The van der Waals surface area contributed by atoms with E-state index in [1.807, 2.05) is 44.2 Å². The quantitative estimate of drug-likeness (QED) is 0.772. The lowest BCUT2D eigenvalue weighted by molar-refractivity contribution is -0.117. The van der Waals surface area contributed by atoms with Crippen LogP contribution in [0.25, 0.3) is 5.57 Å². The van der Waals surface area contributed by atoms with Gasteiger partial charge in [-0.3, -0.25) is 4.79 Å². The first-order valence-electron chi connectivity index (χ1n) is 5.67. The monoisotopic (exact) mass is 217 g/mol. The fourth-order valence-corrected chi connectivity index (χ4v) is 1.37. The predicted molar refractivity (Wildman–Crippen MR) is 68.0 cm³/mol. The molecule has 2 heteroatoms. The molecule has 1 aromatic carbocycles. The Hall–Kier alpha value is -1.57. The molecular formula is C14H19NO. The fraction of sp³-hybridized carbons (Fsp3) is 0.357. The van der Waals surface area contributed by atoms with Gasteiger partial charge >= 0.3 is 0 Å². The van der Waals surface area contributed by atoms with Gasteiger partial charge in [0.15, 0.2) is 0 Å². The molecule has 1 rings (SSSR count). The zero-order chi connectivity index (χ0) is 12.0. The van der Waals surface area contributed by atoms with Gasteiger partial charge in [-0.25, -0.2) is 0 Å². The normalized spacial score (nSPS) is 13.3. The third-order valence-corrected chi connectivity index (χ3v) is 2.58. The van der Waals surface area contributed by atoms with Crippen LogP contribution in [0.5, 0.6) is 0 Å². The summed E-state index contributed by atoms with van der Waals surface area (Å²) in [5, 5.41) is 2.91. The summed E-state index contributed by atoms with van der Waals surface area (Å²) in [6.07, 6.45) is 2.60. The van der Waals surface area contributed by atoms with Crippen LogP contribution in [0, 0.1) is 0 Å². The Bertz CT molecular complexity index is 368. The van der Waals surface area contributed by atoms with Gasteiger partial charge in [-0.05, 0) is 31.4 Å². The van der Waals surface area contributed by atoms with E-state index in [0.29, 0.717) is 0 Å². The molecule has 0 fully saturated rings. The highest BCUT2D eigenvalue weighted by atomic mass is 16.1. The number of rotatable bonds is 4. The molecule has 0 radical (unpaired) electrons. The summed E-state index contributed by atoms with van der Waals surface area (Å²) in [5.41, 5.74) is 2.07. The van der Waals surface area contributed by atoms with Crippen molar-refractivity contribution in [2.24, 2.45) is 0 Å². The van der Waals surface area contributed by atoms with E-state index in [2.05, 4.69) is 12.2 Å². The molecule has 0 aliphatic carbocycles. The average molecular weight is 217 g/mol. The van der Waals surface area contributed by atoms with Gasteiger partial charge in [-0.15, -0.1) is 0 Å². The minimum absolute atomic E-state index is 0.0179. The molecule has 86 valence electrons. The molecule has 0 heterocycles. The number of benzene rings is 1. The van der Waals surface area contributed by atoms with Gasteiger partial charge in [0.05, 0.1) is 0 Å².